The number of nitrogens with zero attached hydrogens (tertiary/aromatic N) is 2. The third kappa shape index (κ3) is 15.0. The lowest BCUT2D eigenvalue weighted by Crippen LogP contribution is -2.68. The van der Waals surface area contributed by atoms with Gasteiger partial charge in [0.05, 0.1) is 57.6 Å². The molecule has 2 aromatic carbocycles. The van der Waals surface area contributed by atoms with Gasteiger partial charge in [-0.05, 0) is 29.8 Å². The summed E-state index contributed by atoms with van der Waals surface area (Å²) in [7, 11) is 0. The average molecular weight is 1350 g/mol. The molecule has 0 amide bonds. The fraction of sp³-hybridized carbons (Fsp3) is 0.754. The number of hydrogen-bond donors (Lipinski definition) is 20. The zero-order valence-corrected chi connectivity index (χ0v) is 49.5. The van der Waals surface area contributed by atoms with Gasteiger partial charge in [0, 0.05) is 0 Å². The molecule has 14 bridgehead atoms. The van der Waals surface area contributed by atoms with Gasteiger partial charge in [-0.3, -0.25) is 0 Å². The highest BCUT2D eigenvalue weighted by Crippen LogP contribution is 2.40. The summed E-state index contributed by atoms with van der Waals surface area (Å²) in [6, 6.07) is 14.8. The quantitative estimate of drug-likeness (QED) is 0.0693. The predicted octanol–water partition coefficient (Wildman–Crippen LogP) is -10.4. The molecule has 3 unspecified atom stereocenters. The second kappa shape index (κ2) is 32.0. The molecule has 37 heteroatoms. The van der Waals surface area contributed by atoms with Gasteiger partial charge < -0.3 is 173 Å². The van der Waals surface area contributed by atoms with E-state index < -0.39 is 267 Å². The Bertz CT molecular complexity index is 2740. The van der Waals surface area contributed by atoms with E-state index in [4.69, 9.17) is 77.5 Å². The minimum absolute atomic E-state index is 0.240. The summed E-state index contributed by atoms with van der Waals surface area (Å²) >= 11 is 0. The molecule has 20 N–H and O–H groups in total. The van der Waals surface area contributed by atoms with Crippen LogP contribution >= 0.6 is 0 Å². The van der Waals surface area contributed by atoms with Gasteiger partial charge in [-0.15, -0.1) is 6.42 Å². The van der Waals surface area contributed by atoms with E-state index in [2.05, 4.69) is 16.1 Å². The number of terminal acetylenes is 1. The van der Waals surface area contributed by atoms with Crippen LogP contribution in [0.3, 0.4) is 0 Å². The van der Waals surface area contributed by atoms with Gasteiger partial charge in [0.2, 0.25) is 0 Å². The maximum Gasteiger partial charge on any atom is 0.187 e. The number of ether oxygens (including phenoxy) is 15. The summed E-state index contributed by atoms with van der Waals surface area (Å²) in [5.41, 5.74) is 1.14. The largest absolute Gasteiger partial charge is 0.394 e. The molecular formula is C57H80N2O35. The van der Waals surface area contributed by atoms with E-state index in [9.17, 15) is 102 Å². The lowest BCUT2D eigenvalue weighted by Gasteiger charge is -2.50. The lowest BCUT2D eigenvalue weighted by molar-refractivity contribution is -0.399. The number of aliphatic hydroxyl groups excluding tert-OH is 20. The molecule has 94 heavy (non-hydrogen) atoms. The van der Waals surface area contributed by atoms with E-state index in [-0.39, 0.29) is 5.56 Å². The number of fused-ring (bicyclic) bond motifs is 7. The van der Waals surface area contributed by atoms with Gasteiger partial charge in [-0.2, -0.15) is 10.2 Å². The third-order valence-corrected chi connectivity index (χ3v) is 17.4. The first-order chi connectivity index (χ1) is 45.1. The summed E-state index contributed by atoms with van der Waals surface area (Å²) in [6.45, 7) is -7.49. The van der Waals surface area contributed by atoms with Crippen LogP contribution in [0.2, 0.25) is 0 Å². The molecule has 36 atom stereocenters. The van der Waals surface area contributed by atoms with Crippen molar-refractivity contribution in [2.24, 2.45) is 10.2 Å². The van der Waals surface area contributed by atoms with Crippen molar-refractivity contribution < 1.29 is 173 Å². The molecule has 15 aliphatic rings. The van der Waals surface area contributed by atoms with Crippen molar-refractivity contribution in [2.45, 2.75) is 221 Å². The van der Waals surface area contributed by atoms with Crippen molar-refractivity contribution in [1.29, 1.82) is 0 Å². The normalized spacial score (nSPS) is 47.8. The minimum Gasteiger partial charge on any atom is -0.394 e. The zero-order valence-electron chi connectivity index (χ0n) is 49.5. The molecule has 0 radical (unpaired) electrons. The van der Waals surface area contributed by atoms with Crippen LogP contribution in [-0.2, 0) is 71.1 Å². The number of aliphatic hydroxyl groups is 20. The predicted molar refractivity (Wildman–Crippen MR) is 296 cm³/mol. The zero-order chi connectivity index (χ0) is 67.6. The average Bonchev–Trinajstić information content (AvgIpc) is 0.792. The molecule has 15 aliphatic heterocycles. The van der Waals surface area contributed by atoms with E-state index in [0.29, 0.717) is 11.4 Å². The molecule has 0 aromatic heterocycles. The maximum absolute atomic E-state index is 12.5. The number of azo groups is 1. The Labute approximate surface area is 533 Å². The Hall–Kier alpha value is -3.80. The lowest BCUT2D eigenvalue weighted by atomic mass is 9.95. The number of hydrogen-bond acceptors (Lipinski definition) is 37. The summed E-state index contributed by atoms with van der Waals surface area (Å²) < 4.78 is 88.4. The molecule has 0 spiro atoms. The van der Waals surface area contributed by atoms with E-state index in [1.807, 2.05) is 0 Å². The van der Waals surface area contributed by atoms with E-state index in [1.54, 1.807) is 30.3 Å². The van der Waals surface area contributed by atoms with E-state index in [1.165, 1.54) is 24.3 Å². The fourth-order valence-corrected chi connectivity index (χ4v) is 12.2. The SMILES string of the molecule is C#CC(O[C@H]1[C@H]2O[C@H]3[C@H](O)[C@@H](O)[C@H](O[C@@H]3CO)O[C@H]3C(O)C(O)[C@@H](O[C@H]4[C@H](O)[C@@H](O)[C@@H](O[C@H]5[C@H](O)[C@@H](O)[C@@H](O[C@H]6[C@H](O)[C@@H](O)[C@@H](O[C@H]7[C@H](O)[C@@H](O)[C@@H](O[C@@H]([C@@H]1O)[C@@H](CO)O2)O[C@@H]7CO)O[C@@H]6CO)O[C@@H]5CO)O[C@@H]4CO)O[C@@H]3CO)c1ccc(N=Nc2ccccc2)cc1. The first kappa shape index (κ1) is 72.9. The number of benzene rings is 2. The van der Waals surface area contributed by atoms with Crippen molar-refractivity contribution in [3.05, 3.63) is 60.2 Å². The number of rotatable bonds is 12. The van der Waals surface area contributed by atoms with Gasteiger partial charge in [0.15, 0.2) is 44.0 Å². The highest BCUT2D eigenvalue weighted by molar-refractivity contribution is 5.42. The molecule has 0 aliphatic carbocycles. The fourth-order valence-electron chi connectivity index (χ4n) is 12.2. The Morgan fingerprint density at radius 2 is 0.543 bits per heavy atom. The molecule has 528 valence electrons. The molecular weight excluding hydrogens is 1270 g/mol. The van der Waals surface area contributed by atoms with Crippen molar-refractivity contribution in [1.82, 2.24) is 0 Å². The maximum atomic E-state index is 12.5. The van der Waals surface area contributed by atoms with E-state index in [0.717, 1.165) is 0 Å². The second-order valence-electron chi connectivity index (χ2n) is 23.4. The van der Waals surface area contributed by atoms with E-state index >= 15 is 0 Å². The Kier molecular flexibility index (Phi) is 24.8. The molecule has 37 nitrogen and oxygen atoms in total. The van der Waals surface area contributed by atoms with Crippen molar-refractivity contribution in [3.63, 3.8) is 0 Å². The summed E-state index contributed by atoms with van der Waals surface area (Å²) in [4.78, 5) is 0. The van der Waals surface area contributed by atoms with Crippen LogP contribution in [0.4, 0.5) is 11.4 Å². The minimum atomic E-state index is -2.26. The van der Waals surface area contributed by atoms with Gasteiger partial charge in [0.25, 0.3) is 0 Å². The Morgan fingerprint density at radius 1 is 0.309 bits per heavy atom. The summed E-state index contributed by atoms with van der Waals surface area (Å²) in [5.74, 6) is 2.43. The van der Waals surface area contributed by atoms with Crippen molar-refractivity contribution >= 4 is 11.4 Å². The molecule has 17 rings (SSSR count). The third-order valence-electron chi connectivity index (χ3n) is 17.4. The van der Waals surface area contributed by atoms with Crippen LogP contribution in [0.25, 0.3) is 0 Å². The highest BCUT2D eigenvalue weighted by atomic mass is 16.8. The van der Waals surface area contributed by atoms with Gasteiger partial charge >= 0.3 is 0 Å². The Morgan fingerprint density at radius 3 is 0.798 bits per heavy atom. The topological polar surface area (TPSA) is 568 Å². The first-order valence-corrected chi connectivity index (χ1v) is 30.1. The van der Waals surface area contributed by atoms with Crippen molar-refractivity contribution in [3.8, 4) is 12.3 Å². The smallest absolute Gasteiger partial charge is 0.187 e. The van der Waals surface area contributed by atoms with Crippen LogP contribution < -0.4 is 0 Å². The van der Waals surface area contributed by atoms with Gasteiger partial charge in [-0.25, -0.2) is 0 Å². The van der Waals surface area contributed by atoms with Crippen LogP contribution in [0.15, 0.2) is 64.8 Å². The Balaban J connectivity index is 0.965. The molecule has 0 saturated carbocycles. The molecule has 15 saturated heterocycles. The van der Waals surface area contributed by atoms with Crippen LogP contribution in [0.1, 0.15) is 11.7 Å². The standard InChI is InChI=1S/C57H80N2O35/c1-2-22(19-8-10-21(11-9-19)59-58-20-6-4-3-5-7-20)80-50-42(79)49-29(18-66)87-57(50)94-48-28(17-65)86-55(41(78)35(48)72)92-46-26(15-63)84-53(39(76)33(46)70)90-44-24(13-61)82-51(37(74)31(44)68)88-43-23(12-60)81-52(36(73)30(43)67)89-45-25(14-62)83-54(38(75)32(45)69)91-47-27(16-64)85-56(93-49)40(77)34(47)71/h1,3-11,22-57,60-79H,12-18H2/t22?,23-,24-,25-,26-,27-,28-,29-,30-,31-,32-,33?,34-,35-,36-,37-,38-,39?,40-,41-,42+,43-,44-,45-,46-,47-,48-,49-,50-,51-,52-,53-,54-,55-,56-,57-/m1/s1. The monoisotopic (exact) mass is 1350 g/mol. The van der Waals surface area contributed by atoms with Crippen molar-refractivity contribution in [2.75, 3.05) is 46.2 Å². The summed E-state index contributed by atoms with van der Waals surface area (Å²) in [6.07, 6.45) is -66.5. The first-order valence-electron chi connectivity index (χ1n) is 30.1. The van der Waals surface area contributed by atoms with Gasteiger partial charge in [-0.1, -0.05) is 36.3 Å². The molecule has 2 aromatic rings. The molecule has 15 fully saturated rings. The second-order valence-corrected chi connectivity index (χ2v) is 23.4. The van der Waals surface area contributed by atoms with Crippen LogP contribution in [0, 0.1) is 12.3 Å². The van der Waals surface area contributed by atoms with Crippen LogP contribution in [0.5, 0.6) is 0 Å². The molecule has 15 heterocycles. The van der Waals surface area contributed by atoms with Crippen LogP contribution in [-0.4, -0.2) is 363 Å². The summed E-state index contributed by atoms with van der Waals surface area (Å²) in [5, 5.41) is 234. The highest BCUT2D eigenvalue weighted by Gasteiger charge is 2.60. The van der Waals surface area contributed by atoms with Gasteiger partial charge in [0.1, 0.15) is 177 Å².